The highest BCUT2D eigenvalue weighted by Crippen LogP contribution is 2.52. The van der Waals surface area contributed by atoms with Gasteiger partial charge in [-0.2, -0.15) is 4.98 Å². The van der Waals surface area contributed by atoms with Crippen LogP contribution in [0.1, 0.15) is 6.42 Å². The Kier molecular flexibility index (Phi) is 2.13. The van der Waals surface area contributed by atoms with Crippen LogP contribution in [0.2, 0.25) is 0 Å². The average molecular weight is 296 g/mol. The third-order valence-electron chi connectivity index (χ3n) is 4.90. The van der Waals surface area contributed by atoms with Gasteiger partial charge in [0.25, 0.3) is 5.95 Å². The summed E-state index contributed by atoms with van der Waals surface area (Å²) < 4.78 is 5.24. The van der Waals surface area contributed by atoms with Gasteiger partial charge in [0.15, 0.2) is 11.6 Å². The summed E-state index contributed by atoms with van der Waals surface area (Å²) in [6.45, 7) is 0. The Morgan fingerprint density at radius 1 is 1.18 bits per heavy atom. The van der Waals surface area contributed by atoms with Crippen molar-refractivity contribution in [3.05, 3.63) is 30.5 Å². The lowest BCUT2D eigenvalue weighted by Crippen LogP contribution is -2.33. The van der Waals surface area contributed by atoms with Crippen molar-refractivity contribution in [3.8, 4) is 11.6 Å². The molecule has 0 radical (unpaired) electrons. The SMILES string of the molecule is O=C1[C@@H]2[C@H](C(=O)N1c1n[nH]c(-c3ccco3)n1)[C@H]1C=C[C@H]2C1. The zero-order valence-corrected chi connectivity index (χ0v) is 11.5. The number of carbonyl (C=O) groups is 2. The predicted octanol–water partition coefficient (Wildman–Crippen LogP) is 1.38. The molecule has 1 aliphatic heterocycles. The zero-order chi connectivity index (χ0) is 14.8. The number of nitrogens with one attached hydrogen (secondary N) is 1. The van der Waals surface area contributed by atoms with Gasteiger partial charge < -0.3 is 4.42 Å². The maximum atomic E-state index is 12.6. The van der Waals surface area contributed by atoms with Crippen molar-refractivity contribution in [2.45, 2.75) is 6.42 Å². The number of amides is 2. The minimum Gasteiger partial charge on any atom is -0.461 e. The van der Waals surface area contributed by atoms with E-state index in [9.17, 15) is 9.59 Å². The van der Waals surface area contributed by atoms with Gasteiger partial charge in [-0.3, -0.25) is 14.7 Å². The van der Waals surface area contributed by atoms with E-state index in [1.807, 2.05) is 0 Å². The van der Waals surface area contributed by atoms with Crippen LogP contribution in [0.5, 0.6) is 0 Å². The number of furan rings is 1. The number of anilines is 1. The second kappa shape index (κ2) is 3.94. The number of aromatic amines is 1. The van der Waals surface area contributed by atoms with Gasteiger partial charge in [-0.05, 0) is 30.4 Å². The summed E-state index contributed by atoms with van der Waals surface area (Å²) in [5.41, 5.74) is 0. The lowest BCUT2D eigenvalue weighted by molar-refractivity contribution is -0.123. The van der Waals surface area contributed by atoms with Crippen molar-refractivity contribution in [1.82, 2.24) is 15.2 Å². The third-order valence-corrected chi connectivity index (χ3v) is 4.90. The van der Waals surface area contributed by atoms with Gasteiger partial charge in [0.2, 0.25) is 11.8 Å². The molecule has 1 saturated heterocycles. The van der Waals surface area contributed by atoms with Crippen LogP contribution in [-0.2, 0) is 9.59 Å². The summed E-state index contributed by atoms with van der Waals surface area (Å²) in [5, 5.41) is 6.73. The summed E-state index contributed by atoms with van der Waals surface area (Å²) >= 11 is 0. The number of hydrogen-bond donors (Lipinski definition) is 1. The highest BCUT2D eigenvalue weighted by Gasteiger charge is 2.60. The summed E-state index contributed by atoms with van der Waals surface area (Å²) in [5.74, 6) is 0.531. The number of allylic oxidation sites excluding steroid dienone is 2. The minimum absolute atomic E-state index is 0.107. The lowest BCUT2D eigenvalue weighted by atomic mass is 9.85. The first kappa shape index (κ1) is 11.9. The minimum atomic E-state index is -0.243. The number of hydrogen-bond acceptors (Lipinski definition) is 5. The van der Waals surface area contributed by atoms with Crippen molar-refractivity contribution in [1.29, 1.82) is 0 Å². The van der Waals surface area contributed by atoms with E-state index in [4.69, 9.17) is 4.42 Å². The van der Waals surface area contributed by atoms with Crippen LogP contribution in [-0.4, -0.2) is 27.0 Å². The molecule has 4 atom stereocenters. The van der Waals surface area contributed by atoms with Crippen LogP contribution in [0, 0.1) is 23.7 Å². The highest BCUT2D eigenvalue weighted by molar-refractivity contribution is 6.21. The second-order valence-electron chi connectivity index (χ2n) is 5.97. The van der Waals surface area contributed by atoms with Crippen LogP contribution in [0.4, 0.5) is 5.95 Å². The molecule has 2 aliphatic carbocycles. The molecule has 1 N–H and O–H groups in total. The Morgan fingerprint density at radius 3 is 2.55 bits per heavy atom. The molecule has 0 spiro atoms. The molecule has 0 unspecified atom stereocenters. The first-order chi connectivity index (χ1) is 10.7. The molecular formula is C15H12N4O3. The molecule has 7 nitrogen and oxygen atoms in total. The number of fused-ring (bicyclic) bond motifs is 5. The van der Waals surface area contributed by atoms with Crippen molar-refractivity contribution >= 4 is 17.8 Å². The molecule has 7 heteroatoms. The fourth-order valence-corrected chi connectivity index (χ4v) is 3.98. The highest BCUT2D eigenvalue weighted by atomic mass is 16.3. The number of aromatic nitrogens is 3. The Morgan fingerprint density at radius 2 is 1.91 bits per heavy atom. The summed E-state index contributed by atoms with van der Waals surface area (Å²) in [6.07, 6.45) is 6.56. The molecule has 2 aromatic heterocycles. The zero-order valence-electron chi connectivity index (χ0n) is 11.5. The predicted molar refractivity (Wildman–Crippen MR) is 74.3 cm³/mol. The summed E-state index contributed by atoms with van der Waals surface area (Å²) in [4.78, 5) is 30.6. The van der Waals surface area contributed by atoms with Gasteiger partial charge in [-0.25, -0.2) is 4.90 Å². The molecule has 3 heterocycles. The molecule has 2 amide bonds. The van der Waals surface area contributed by atoms with Crippen molar-refractivity contribution in [2.24, 2.45) is 23.7 Å². The lowest BCUT2D eigenvalue weighted by Gasteiger charge is -2.14. The van der Waals surface area contributed by atoms with Gasteiger partial charge in [0.1, 0.15) is 0 Å². The van der Waals surface area contributed by atoms with E-state index in [-0.39, 0.29) is 41.4 Å². The van der Waals surface area contributed by atoms with Crippen LogP contribution in [0.3, 0.4) is 0 Å². The quantitative estimate of drug-likeness (QED) is 0.667. The van der Waals surface area contributed by atoms with E-state index >= 15 is 0 Å². The number of nitrogens with zero attached hydrogens (tertiary/aromatic N) is 3. The fourth-order valence-electron chi connectivity index (χ4n) is 3.98. The van der Waals surface area contributed by atoms with Crippen LogP contribution in [0.25, 0.3) is 11.6 Å². The molecular weight excluding hydrogens is 284 g/mol. The molecule has 110 valence electrons. The van der Waals surface area contributed by atoms with E-state index < -0.39 is 0 Å². The maximum absolute atomic E-state index is 12.6. The molecule has 2 fully saturated rings. The van der Waals surface area contributed by atoms with Crippen LogP contribution < -0.4 is 4.90 Å². The van der Waals surface area contributed by atoms with E-state index in [0.29, 0.717) is 11.6 Å². The standard InChI is InChI=1S/C15H12N4O3/c20-13-10-7-3-4-8(6-7)11(10)14(21)19(13)15-16-12(17-18-15)9-2-1-5-22-9/h1-5,7-8,10-11H,6H2,(H,16,17,18)/t7-,8-,10-,11+/m0/s1. The second-order valence-corrected chi connectivity index (χ2v) is 5.97. The topological polar surface area (TPSA) is 92.1 Å². The van der Waals surface area contributed by atoms with Crippen LogP contribution in [0.15, 0.2) is 35.0 Å². The van der Waals surface area contributed by atoms with Crippen molar-refractivity contribution in [2.75, 3.05) is 4.90 Å². The van der Waals surface area contributed by atoms with Crippen molar-refractivity contribution < 1.29 is 14.0 Å². The summed E-state index contributed by atoms with van der Waals surface area (Å²) in [7, 11) is 0. The Balaban J connectivity index is 1.52. The van der Waals surface area contributed by atoms with Gasteiger partial charge in [-0.15, -0.1) is 5.10 Å². The van der Waals surface area contributed by atoms with Gasteiger partial charge in [0, 0.05) is 0 Å². The monoisotopic (exact) mass is 296 g/mol. The third kappa shape index (κ3) is 1.35. The molecule has 2 bridgehead atoms. The first-order valence-electron chi connectivity index (χ1n) is 7.26. The van der Waals surface area contributed by atoms with Crippen LogP contribution >= 0.6 is 0 Å². The number of imide groups is 1. The van der Waals surface area contributed by atoms with Gasteiger partial charge in [-0.1, -0.05) is 12.2 Å². The molecule has 5 rings (SSSR count). The van der Waals surface area contributed by atoms with E-state index in [0.717, 1.165) is 11.3 Å². The number of H-pyrrole nitrogens is 1. The maximum Gasteiger partial charge on any atom is 0.258 e. The number of carbonyl (C=O) groups excluding carboxylic acids is 2. The molecule has 3 aliphatic rings. The van der Waals surface area contributed by atoms with E-state index in [1.165, 1.54) is 6.26 Å². The van der Waals surface area contributed by atoms with E-state index in [1.54, 1.807) is 12.1 Å². The largest absolute Gasteiger partial charge is 0.461 e. The van der Waals surface area contributed by atoms with E-state index in [2.05, 4.69) is 27.3 Å². The Labute approximate surface area is 125 Å². The summed E-state index contributed by atoms with van der Waals surface area (Å²) in [6, 6.07) is 3.47. The van der Waals surface area contributed by atoms with Gasteiger partial charge in [0.05, 0.1) is 18.1 Å². The Hall–Kier alpha value is -2.70. The molecule has 22 heavy (non-hydrogen) atoms. The number of rotatable bonds is 2. The average Bonchev–Trinajstić information content (AvgIpc) is 3.28. The normalized spacial score (nSPS) is 32.3. The van der Waals surface area contributed by atoms with Crippen molar-refractivity contribution in [3.63, 3.8) is 0 Å². The molecule has 0 aromatic carbocycles. The fraction of sp³-hybridized carbons (Fsp3) is 0.333. The first-order valence-corrected chi connectivity index (χ1v) is 7.26. The Bertz CT molecular complexity index is 777. The molecule has 2 aromatic rings. The smallest absolute Gasteiger partial charge is 0.258 e. The van der Waals surface area contributed by atoms with Gasteiger partial charge >= 0.3 is 0 Å². The molecule has 1 saturated carbocycles.